The normalized spacial score (nSPS) is 27.3. The van der Waals surface area contributed by atoms with Crippen LogP contribution in [-0.4, -0.2) is 24.8 Å². The average Bonchev–Trinajstić information content (AvgIpc) is 2.19. The fraction of sp³-hybridized carbons (Fsp3) is 0.800. The van der Waals surface area contributed by atoms with Crippen LogP contribution in [0.25, 0.3) is 0 Å². The zero-order valence-corrected chi connectivity index (χ0v) is 8.75. The summed E-state index contributed by atoms with van der Waals surface area (Å²) >= 11 is 0. The van der Waals surface area contributed by atoms with Gasteiger partial charge in [0.1, 0.15) is 0 Å². The van der Waals surface area contributed by atoms with Crippen molar-refractivity contribution in [3.8, 4) is 0 Å². The molecule has 0 aliphatic carbocycles. The van der Waals surface area contributed by atoms with Crippen LogP contribution >= 0.6 is 0 Å². The van der Waals surface area contributed by atoms with Crippen molar-refractivity contribution in [1.29, 1.82) is 0 Å². The van der Waals surface area contributed by atoms with Gasteiger partial charge < -0.3 is 14.2 Å². The maximum absolute atomic E-state index is 11.6. The highest BCUT2D eigenvalue weighted by atomic mass is 16.7. The largest absolute Gasteiger partial charge is 0.464 e. The molecule has 1 fully saturated rings. The Labute approximate surface area is 84.5 Å². The molecule has 1 radical (unpaired) electrons. The first kappa shape index (κ1) is 11.5. The van der Waals surface area contributed by atoms with Gasteiger partial charge >= 0.3 is 5.97 Å². The van der Waals surface area contributed by atoms with Gasteiger partial charge in [-0.1, -0.05) is 13.3 Å². The Balaban J connectivity index is 2.33. The Morgan fingerprint density at radius 1 is 1.64 bits per heavy atom. The van der Waals surface area contributed by atoms with Crippen LogP contribution in [0.3, 0.4) is 0 Å². The predicted molar refractivity (Wildman–Crippen MR) is 50.2 cm³/mol. The highest BCUT2D eigenvalue weighted by molar-refractivity contribution is 5.79. The second-order valence-electron chi connectivity index (χ2n) is 3.56. The summed E-state index contributed by atoms with van der Waals surface area (Å²) in [5.41, 5.74) is -0.855. The highest BCUT2D eigenvalue weighted by Gasteiger charge is 2.38. The summed E-state index contributed by atoms with van der Waals surface area (Å²) < 4.78 is 15.1. The smallest absolute Gasteiger partial charge is 0.338 e. The predicted octanol–water partition coefficient (Wildman–Crippen LogP) is 1.64. The third-order valence-corrected chi connectivity index (χ3v) is 2.24. The molecule has 4 heteroatoms. The van der Waals surface area contributed by atoms with Gasteiger partial charge in [0.05, 0.1) is 13.2 Å². The van der Waals surface area contributed by atoms with Crippen molar-refractivity contribution >= 4 is 5.97 Å². The minimum absolute atomic E-state index is 0.300. The monoisotopic (exact) mass is 201 g/mol. The number of hydrogen-bond donors (Lipinski definition) is 0. The van der Waals surface area contributed by atoms with Gasteiger partial charge in [0.2, 0.25) is 6.79 Å². The summed E-state index contributed by atoms with van der Waals surface area (Å²) in [6.45, 7) is 5.95. The quantitative estimate of drug-likeness (QED) is 0.512. The summed E-state index contributed by atoms with van der Waals surface area (Å²) in [7, 11) is 0. The second-order valence-corrected chi connectivity index (χ2v) is 3.56. The third kappa shape index (κ3) is 2.96. The number of rotatable bonds is 4. The van der Waals surface area contributed by atoms with E-state index in [-0.39, 0.29) is 5.97 Å². The molecule has 0 bridgehead atoms. The topological polar surface area (TPSA) is 44.8 Å². The molecule has 0 amide bonds. The van der Waals surface area contributed by atoms with Crippen molar-refractivity contribution in [1.82, 2.24) is 0 Å². The van der Waals surface area contributed by atoms with Gasteiger partial charge in [0.25, 0.3) is 0 Å². The number of ether oxygens (including phenoxy) is 3. The molecule has 0 saturated carbocycles. The van der Waals surface area contributed by atoms with Crippen LogP contribution in [0.1, 0.15) is 33.1 Å². The summed E-state index contributed by atoms with van der Waals surface area (Å²) in [6.07, 6.45) is 2.44. The molecule has 1 heterocycles. The van der Waals surface area contributed by atoms with Gasteiger partial charge in [0, 0.05) is 6.42 Å². The molecule has 4 nitrogen and oxygen atoms in total. The van der Waals surface area contributed by atoms with E-state index in [0.29, 0.717) is 19.6 Å². The zero-order valence-electron chi connectivity index (χ0n) is 8.75. The van der Waals surface area contributed by atoms with Gasteiger partial charge in [-0.25, -0.2) is 4.79 Å². The first-order valence-electron chi connectivity index (χ1n) is 4.97. The van der Waals surface area contributed by atoms with E-state index in [1.54, 1.807) is 6.92 Å². The van der Waals surface area contributed by atoms with Gasteiger partial charge in [-0.2, -0.15) is 0 Å². The lowest BCUT2D eigenvalue weighted by molar-refractivity contribution is -0.188. The zero-order chi connectivity index (χ0) is 10.4. The molecular formula is C10H17O4. The van der Waals surface area contributed by atoms with Crippen molar-refractivity contribution in [3.05, 3.63) is 6.79 Å². The van der Waals surface area contributed by atoms with Gasteiger partial charge in [-0.3, -0.25) is 0 Å². The standard InChI is InChI=1S/C10H17O4/c1-3-4-6-13-9(11)10(2)5-7-12-8-14-10/h8H,3-7H2,1-2H3. The van der Waals surface area contributed by atoms with Gasteiger partial charge in [-0.05, 0) is 13.3 Å². The number of esters is 1. The van der Waals surface area contributed by atoms with Crippen LogP contribution in [0.5, 0.6) is 0 Å². The summed E-state index contributed by atoms with van der Waals surface area (Å²) in [5.74, 6) is -0.300. The minimum atomic E-state index is -0.855. The van der Waals surface area contributed by atoms with E-state index in [0.717, 1.165) is 12.8 Å². The molecule has 0 aromatic heterocycles. The lowest BCUT2D eigenvalue weighted by atomic mass is 10.0. The Bertz CT molecular complexity index is 185. The summed E-state index contributed by atoms with van der Waals surface area (Å²) in [6, 6.07) is 0. The van der Waals surface area contributed by atoms with Gasteiger partial charge in [0.15, 0.2) is 5.60 Å². The Kier molecular flexibility index (Phi) is 4.35. The Morgan fingerprint density at radius 2 is 2.43 bits per heavy atom. The van der Waals surface area contributed by atoms with E-state index in [4.69, 9.17) is 14.2 Å². The SMILES string of the molecule is CCCCOC(=O)C1(C)CCO[CH]O1. The molecule has 1 rings (SSSR count). The molecule has 1 saturated heterocycles. The van der Waals surface area contributed by atoms with Crippen LogP contribution in [0.2, 0.25) is 0 Å². The van der Waals surface area contributed by atoms with Crippen molar-refractivity contribution in [2.75, 3.05) is 13.2 Å². The molecule has 1 aliphatic rings. The van der Waals surface area contributed by atoms with Gasteiger partial charge in [-0.15, -0.1) is 0 Å². The van der Waals surface area contributed by atoms with E-state index < -0.39 is 5.60 Å². The van der Waals surface area contributed by atoms with E-state index in [1.165, 1.54) is 6.79 Å². The number of hydrogen-bond acceptors (Lipinski definition) is 4. The van der Waals surface area contributed by atoms with Crippen LogP contribution < -0.4 is 0 Å². The molecule has 0 spiro atoms. The molecule has 0 N–H and O–H groups in total. The summed E-state index contributed by atoms with van der Waals surface area (Å²) in [5, 5.41) is 0. The van der Waals surface area contributed by atoms with E-state index in [9.17, 15) is 4.79 Å². The van der Waals surface area contributed by atoms with E-state index in [2.05, 4.69) is 0 Å². The molecular weight excluding hydrogens is 184 g/mol. The molecule has 1 atom stereocenters. The second kappa shape index (κ2) is 5.32. The average molecular weight is 201 g/mol. The molecule has 1 unspecified atom stereocenters. The lowest BCUT2D eigenvalue weighted by Gasteiger charge is -2.30. The highest BCUT2D eigenvalue weighted by Crippen LogP contribution is 2.23. The van der Waals surface area contributed by atoms with Crippen LogP contribution in [0.4, 0.5) is 0 Å². The third-order valence-electron chi connectivity index (χ3n) is 2.24. The Hall–Kier alpha value is -0.610. The maximum Gasteiger partial charge on any atom is 0.338 e. The number of carbonyl (C=O) groups is 1. The minimum Gasteiger partial charge on any atom is -0.464 e. The first-order valence-corrected chi connectivity index (χ1v) is 4.97. The van der Waals surface area contributed by atoms with Crippen molar-refractivity contribution in [3.63, 3.8) is 0 Å². The van der Waals surface area contributed by atoms with Crippen LogP contribution in [-0.2, 0) is 19.0 Å². The maximum atomic E-state index is 11.6. The molecule has 81 valence electrons. The Morgan fingerprint density at radius 3 is 3.00 bits per heavy atom. The fourth-order valence-corrected chi connectivity index (χ4v) is 1.11. The van der Waals surface area contributed by atoms with Crippen molar-refractivity contribution in [2.45, 2.75) is 38.7 Å². The first-order chi connectivity index (χ1) is 6.69. The van der Waals surface area contributed by atoms with Crippen LogP contribution in [0, 0.1) is 6.79 Å². The lowest BCUT2D eigenvalue weighted by Crippen LogP contribution is -2.43. The fourth-order valence-electron chi connectivity index (χ4n) is 1.11. The number of unbranched alkanes of at least 4 members (excludes halogenated alkanes) is 1. The van der Waals surface area contributed by atoms with Crippen LogP contribution in [0.15, 0.2) is 0 Å². The number of carbonyl (C=O) groups excluding carboxylic acids is 1. The summed E-state index contributed by atoms with van der Waals surface area (Å²) in [4.78, 5) is 11.6. The molecule has 0 aromatic carbocycles. The molecule has 14 heavy (non-hydrogen) atoms. The molecule has 0 aromatic rings. The van der Waals surface area contributed by atoms with Crippen molar-refractivity contribution in [2.24, 2.45) is 0 Å². The van der Waals surface area contributed by atoms with Crippen molar-refractivity contribution < 1.29 is 19.0 Å². The van der Waals surface area contributed by atoms with E-state index >= 15 is 0 Å². The molecule has 1 aliphatic heterocycles. The van der Waals surface area contributed by atoms with E-state index in [1.807, 2.05) is 6.92 Å².